The molecule has 17 heavy (non-hydrogen) atoms. The van der Waals surface area contributed by atoms with Crippen LogP contribution in [0.3, 0.4) is 0 Å². The second-order valence-electron chi connectivity index (χ2n) is 4.02. The first kappa shape index (κ1) is 12.7. The largest absolute Gasteiger partial charge is 0.305 e. The fourth-order valence-electron chi connectivity index (χ4n) is 1.61. The molecule has 1 aromatic heterocycles. The molecule has 0 bridgehead atoms. The zero-order valence-electron chi connectivity index (χ0n) is 9.90. The lowest BCUT2D eigenvalue weighted by atomic mass is 10.1. The van der Waals surface area contributed by atoms with E-state index in [-0.39, 0.29) is 0 Å². The van der Waals surface area contributed by atoms with Gasteiger partial charge in [-0.2, -0.15) is 0 Å². The average Bonchev–Trinajstić information content (AvgIpc) is 2.73. The maximum atomic E-state index is 4.25. The van der Waals surface area contributed by atoms with Crippen LogP contribution in [-0.2, 0) is 6.54 Å². The Bertz CT molecular complexity index is 478. The fraction of sp³-hybridized carbons (Fsp3) is 0.308. The van der Waals surface area contributed by atoms with Crippen LogP contribution in [0, 0.1) is 6.92 Å². The van der Waals surface area contributed by atoms with E-state index in [1.807, 2.05) is 5.51 Å². The molecule has 1 heterocycles. The number of hydrogen-bond donors (Lipinski definition) is 1. The average molecular weight is 311 g/mol. The van der Waals surface area contributed by atoms with Crippen molar-refractivity contribution in [2.75, 3.05) is 0 Å². The molecule has 1 atom stereocenters. The number of nitrogens with one attached hydrogen (secondary N) is 1. The van der Waals surface area contributed by atoms with E-state index in [4.69, 9.17) is 0 Å². The SMILES string of the molecule is Cc1ncsc1CN[C@H](C)c1ccc(Br)cc1. The number of rotatable bonds is 4. The number of aromatic nitrogens is 1. The van der Waals surface area contributed by atoms with E-state index >= 15 is 0 Å². The maximum absolute atomic E-state index is 4.25. The third-order valence-electron chi connectivity index (χ3n) is 2.78. The summed E-state index contributed by atoms with van der Waals surface area (Å²) >= 11 is 5.16. The van der Waals surface area contributed by atoms with E-state index in [1.54, 1.807) is 11.3 Å². The number of nitrogens with zero attached hydrogens (tertiary/aromatic N) is 1. The molecular weight excluding hydrogens is 296 g/mol. The first-order valence-corrected chi connectivity index (χ1v) is 7.22. The lowest BCUT2D eigenvalue weighted by Gasteiger charge is -2.13. The van der Waals surface area contributed by atoms with E-state index in [0.717, 1.165) is 16.7 Å². The van der Waals surface area contributed by atoms with E-state index < -0.39 is 0 Å². The van der Waals surface area contributed by atoms with Crippen LogP contribution in [-0.4, -0.2) is 4.98 Å². The van der Waals surface area contributed by atoms with Gasteiger partial charge in [-0.25, -0.2) is 4.98 Å². The Labute approximate surface area is 114 Å². The Balaban J connectivity index is 1.95. The molecule has 1 aromatic carbocycles. The highest BCUT2D eigenvalue weighted by atomic mass is 79.9. The Morgan fingerprint density at radius 2 is 2.06 bits per heavy atom. The zero-order valence-corrected chi connectivity index (χ0v) is 12.3. The minimum Gasteiger partial charge on any atom is -0.305 e. The summed E-state index contributed by atoms with van der Waals surface area (Å²) in [5.74, 6) is 0. The highest BCUT2D eigenvalue weighted by molar-refractivity contribution is 9.10. The van der Waals surface area contributed by atoms with Gasteiger partial charge in [-0.05, 0) is 31.5 Å². The molecule has 90 valence electrons. The third kappa shape index (κ3) is 3.37. The van der Waals surface area contributed by atoms with Crippen molar-refractivity contribution >= 4 is 27.3 Å². The topological polar surface area (TPSA) is 24.9 Å². The molecule has 0 aliphatic rings. The number of benzene rings is 1. The third-order valence-corrected chi connectivity index (χ3v) is 4.25. The van der Waals surface area contributed by atoms with Crippen LogP contribution in [0.25, 0.3) is 0 Å². The van der Waals surface area contributed by atoms with Crippen LogP contribution in [0.2, 0.25) is 0 Å². The molecule has 2 nitrogen and oxygen atoms in total. The number of aryl methyl sites for hydroxylation is 1. The van der Waals surface area contributed by atoms with Crippen molar-refractivity contribution in [3.63, 3.8) is 0 Å². The van der Waals surface area contributed by atoms with Crippen LogP contribution >= 0.6 is 27.3 Å². The van der Waals surface area contributed by atoms with Gasteiger partial charge in [0.15, 0.2) is 0 Å². The van der Waals surface area contributed by atoms with Gasteiger partial charge in [-0.15, -0.1) is 11.3 Å². The van der Waals surface area contributed by atoms with E-state index in [0.29, 0.717) is 6.04 Å². The standard InChI is InChI=1S/C13H15BrN2S/c1-9(11-3-5-12(14)6-4-11)15-7-13-10(2)16-8-17-13/h3-6,8-9,15H,7H2,1-2H3/t9-/m1/s1. The summed E-state index contributed by atoms with van der Waals surface area (Å²) in [5.41, 5.74) is 4.33. The molecule has 4 heteroatoms. The van der Waals surface area contributed by atoms with Crippen molar-refractivity contribution in [2.24, 2.45) is 0 Å². The Kier molecular flexibility index (Phi) is 4.31. The number of halogens is 1. The van der Waals surface area contributed by atoms with Crippen LogP contribution in [0.5, 0.6) is 0 Å². The summed E-state index contributed by atoms with van der Waals surface area (Å²) in [6, 6.07) is 8.78. The van der Waals surface area contributed by atoms with Crippen molar-refractivity contribution in [1.82, 2.24) is 10.3 Å². The van der Waals surface area contributed by atoms with E-state index in [1.165, 1.54) is 10.4 Å². The molecule has 0 radical (unpaired) electrons. The monoisotopic (exact) mass is 310 g/mol. The van der Waals surface area contributed by atoms with Gasteiger partial charge in [0.2, 0.25) is 0 Å². The van der Waals surface area contributed by atoms with Crippen LogP contribution in [0.15, 0.2) is 34.2 Å². The molecule has 0 spiro atoms. The first-order valence-electron chi connectivity index (χ1n) is 5.54. The molecule has 0 fully saturated rings. The van der Waals surface area contributed by atoms with Crippen LogP contribution in [0.4, 0.5) is 0 Å². The molecule has 0 saturated carbocycles. The van der Waals surface area contributed by atoms with Gasteiger partial charge in [0.05, 0.1) is 11.2 Å². The summed E-state index contributed by atoms with van der Waals surface area (Å²) in [4.78, 5) is 5.57. The van der Waals surface area contributed by atoms with Crippen molar-refractivity contribution in [3.05, 3.63) is 50.4 Å². The quantitative estimate of drug-likeness (QED) is 0.921. The van der Waals surface area contributed by atoms with Gasteiger partial charge >= 0.3 is 0 Å². The zero-order chi connectivity index (χ0) is 12.3. The van der Waals surface area contributed by atoms with Crippen LogP contribution in [0.1, 0.15) is 29.1 Å². The molecule has 0 saturated heterocycles. The molecular formula is C13H15BrN2S. The predicted molar refractivity (Wildman–Crippen MR) is 76.2 cm³/mol. The first-order chi connectivity index (χ1) is 8.16. The van der Waals surface area contributed by atoms with Crippen molar-refractivity contribution in [1.29, 1.82) is 0 Å². The smallest absolute Gasteiger partial charge is 0.0798 e. The number of thiazole rings is 1. The highest BCUT2D eigenvalue weighted by Gasteiger charge is 2.06. The summed E-state index contributed by atoms with van der Waals surface area (Å²) in [5, 5.41) is 3.52. The predicted octanol–water partition coefficient (Wildman–Crippen LogP) is 4.06. The maximum Gasteiger partial charge on any atom is 0.0798 e. The van der Waals surface area contributed by atoms with Gasteiger partial charge in [-0.1, -0.05) is 28.1 Å². The van der Waals surface area contributed by atoms with Crippen molar-refractivity contribution in [2.45, 2.75) is 26.4 Å². The molecule has 0 amide bonds. The Morgan fingerprint density at radius 1 is 1.35 bits per heavy atom. The summed E-state index contributed by atoms with van der Waals surface area (Å²) in [6.07, 6.45) is 0. The molecule has 2 aromatic rings. The van der Waals surface area contributed by atoms with Gasteiger partial charge in [0.25, 0.3) is 0 Å². The van der Waals surface area contributed by atoms with Crippen molar-refractivity contribution < 1.29 is 0 Å². The van der Waals surface area contributed by atoms with Gasteiger partial charge < -0.3 is 5.32 Å². The second kappa shape index (κ2) is 5.76. The Hall–Kier alpha value is -0.710. The second-order valence-corrected chi connectivity index (χ2v) is 5.87. The van der Waals surface area contributed by atoms with Crippen LogP contribution < -0.4 is 5.32 Å². The Morgan fingerprint density at radius 3 is 2.65 bits per heavy atom. The van der Waals surface area contributed by atoms with Gasteiger partial charge in [0, 0.05) is 21.9 Å². The molecule has 2 rings (SSSR count). The number of hydrogen-bond acceptors (Lipinski definition) is 3. The summed E-state index contributed by atoms with van der Waals surface area (Å²) in [6.45, 7) is 5.12. The van der Waals surface area contributed by atoms with Gasteiger partial charge in [0.1, 0.15) is 0 Å². The van der Waals surface area contributed by atoms with Crippen molar-refractivity contribution in [3.8, 4) is 0 Å². The van der Waals surface area contributed by atoms with E-state index in [9.17, 15) is 0 Å². The summed E-state index contributed by atoms with van der Waals surface area (Å²) < 4.78 is 1.12. The normalized spacial score (nSPS) is 12.6. The lowest BCUT2D eigenvalue weighted by Crippen LogP contribution is -2.17. The molecule has 0 aliphatic carbocycles. The fourth-order valence-corrected chi connectivity index (χ4v) is 2.60. The highest BCUT2D eigenvalue weighted by Crippen LogP contribution is 2.18. The molecule has 0 unspecified atom stereocenters. The minimum atomic E-state index is 0.351. The minimum absolute atomic E-state index is 0.351. The van der Waals surface area contributed by atoms with Gasteiger partial charge in [-0.3, -0.25) is 0 Å². The lowest BCUT2D eigenvalue weighted by molar-refractivity contribution is 0.577. The molecule has 0 aliphatic heterocycles. The summed E-state index contributed by atoms with van der Waals surface area (Å²) in [7, 11) is 0. The van der Waals surface area contributed by atoms with E-state index in [2.05, 4.69) is 64.3 Å². The molecule has 1 N–H and O–H groups in total.